The summed E-state index contributed by atoms with van der Waals surface area (Å²) in [5, 5.41) is 3.42. The Kier molecular flexibility index (Phi) is 3.64. The van der Waals surface area contributed by atoms with Gasteiger partial charge in [0.05, 0.1) is 6.54 Å². The van der Waals surface area contributed by atoms with Crippen LogP contribution in [0, 0.1) is 20.8 Å². The van der Waals surface area contributed by atoms with Gasteiger partial charge in [-0.15, -0.1) is 0 Å². The van der Waals surface area contributed by atoms with Crippen molar-refractivity contribution in [1.82, 2.24) is 5.32 Å². The van der Waals surface area contributed by atoms with E-state index in [0.717, 1.165) is 24.6 Å². The third-order valence-electron chi connectivity index (χ3n) is 3.04. The average Bonchev–Trinajstić information content (AvgIpc) is 2.69. The molecule has 1 heterocycles. The zero-order valence-electron chi connectivity index (χ0n) is 10.7. The number of rotatable bonds is 4. The molecule has 17 heavy (non-hydrogen) atoms. The Balaban J connectivity index is 1.94. The molecule has 1 aromatic carbocycles. The highest BCUT2D eigenvalue weighted by molar-refractivity contribution is 5.33. The van der Waals surface area contributed by atoms with Crippen LogP contribution in [0.3, 0.4) is 0 Å². The fourth-order valence-corrected chi connectivity index (χ4v) is 2.02. The normalized spacial score (nSPS) is 10.8. The molecule has 0 aliphatic carbocycles. The lowest BCUT2D eigenvalue weighted by atomic mass is 10.0. The lowest BCUT2D eigenvalue weighted by molar-refractivity contribution is 0.461. The van der Waals surface area contributed by atoms with Gasteiger partial charge >= 0.3 is 0 Å². The monoisotopic (exact) mass is 229 g/mol. The Labute approximate surface area is 103 Å². The Morgan fingerprint density at radius 2 is 1.65 bits per heavy atom. The van der Waals surface area contributed by atoms with E-state index in [9.17, 15) is 0 Å². The quantitative estimate of drug-likeness (QED) is 0.868. The Morgan fingerprint density at radius 3 is 2.24 bits per heavy atom. The first-order valence-corrected chi connectivity index (χ1v) is 5.98. The van der Waals surface area contributed by atoms with E-state index < -0.39 is 0 Å². The zero-order valence-corrected chi connectivity index (χ0v) is 10.7. The van der Waals surface area contributed by atoms with Gasteiger partial charge in [0.25, 0.3) is 0 Å². The SMILES string of the molecule is Cc1ccc(CNCc2c(C)cccc2C)o1. The van der Waals surface area contributed by atoms with Crippen molar-refractivity contribution < 1.29 is 4.42 Å². The van der Waals surface area contributed by atoms with Crippen molar-refractivity contribution in [2.45, 2.75) is 33.9 Å². The number of hydrogen-bond acceptors (Lipinski definition) is 2. The standard InChI is InChI=1S/C15H19NO/c1-11-5-4-6-12(2)15(11)10-16-9-14-8-7-13(3)17-14/h4-8,16H,9-10H2,1-3H3. The molecule has 2 aromatic rings. The third kappa shape index (κ3) is 2.98. The van der Waals surface area contributed by atoms with Gasteiger partial charge in [0.1, 0.15) is 11.5 Å². The molecule has 0 unspecified atom stereocenters. The summed E-state index contributed by atoms with van der Waals surface area (Å²) in [6.45, 7) is 7.94. The molecule has 0 atom stereocenters. The first kappa shape index (κ1) is 11.9. The van der Waals surface area contributed by atoms with Crippen LogP contribution >= 0.6 is 0 Å². The molecule has 0 saturated carbocycles. The van der Waals surface area contributed by atoms with E-state index in [0.29, 0.717) is 0 Å². The van der Waals surface area contributed by atoms with E-state index in [1.165, 1.54) is 16.7 Å². The zero-order chi connectivity index (χ0) is 12.3. The van der Waals surface area contributed by atoms with Crippen LogP contribution in [-0.4, -0.2) is 0 Å². The van der Waals surface area contributed by atoms with Crippen molar-refractivity contribution in [2.24, 2.45) is 0 Å². The van der Waals surface area contributed by atoms with Crippen molar-refractivity contribution >= 4 is 0 Å². The van der Waals surface area contributed by atoms with E-state index in [1.807, 2.05) is 19.1 Å². The molecule has 1 aromatic heterocycles. The second kappa shape index (κ2) is 5.19. The average molecular weight is 229 g/mol. The summed E-state index contributed by atoms with van der Waals surface area (Å²) >= 11 is 0. The van der Waals surface area contributed by atoms with Crippen LogP contribution in [0.1, 0.15) is 28.2 Å². The molecular formula is C15H19NO. The summed E-state index contributed by atoms with van der Waals surface area (Å²) in [6, 6.07) is 10.4. The van der Waals surface area contributed by atoms with Crippen molar-refractivity contribution in [3.05, 3.63) is 58.5 Å². The summed E-state index contributed by atoms with van der Waals surface area (Å²) < 4.78 is 5.52. The molecule has 0 bridgehead atoms. The number of benzene rings is 1. The molecular weight excluding hydrogens is 210 g/mol. The van der Waals surface area contributed by atoms with Crippen molar-refractivity contribution in [2.75, 3.05) is 0 Å². The maximum absolute atomic E-state index is 5.52. The van der Waals surface area contributed by atoms with Crippen LogP contribution < -0.4 is 5.32 Å². The van der Waals surface area contributed by atoms with Gasteiger partial charge in [0.15, 0.2) is 0 Å². The van der Waals surface area contributed by atoms with Gasteiger partial charge in [0, 0.05) is 6.54 Å². The molecule has 0 radical (unpaired) electrons. The summed E-state index contributed by atoms with van der Waals surface area (Å²) in [5.41, 5.74) is 4.07. The highest BCUT2D eigenvalue weighted by Crippen LogP contribution is 2.13. The van der Waals surface area contributed by atoms with Crippen LogP contribution in [0.4, 0.5) is 0 Å². The summed E-state index contributed by atoms with van der Waals surface area (Å²) in [4.78, 5) is 0. The topological polar surface area (TPSA) is 25.2 Å². The minimum atomic E-state index is 0.779. The third-order valence-corrected chi connectivity index (χ3v) is 3.04. The van der Waals surface area contributed by atoms with Gasteiger partial charge in [-0.1, -0.05) is 18.2 Å². The fourth-order valence-electron chi connectivity index (χ4n) is 2.02. The molecule has 0 fully saturated rings. The van der Waals surface area contributed by atoms with E-state index in [1.54, 1.807) is 0 Å². The Morgan fingerprint density at radius 1 is 0.941 bits per heavy atom. The van der Waals surface area contributed by atoms with Crippen molar-refractivity contribution in [1.29, 1.82) is 0 Å². The van der Waals surface area contributed by atoms with Crippen LogP contribution in [0.25, 0.3) is 0 Å². The van der Waals surface area contributed by atoms with E-state index in [-0.39, 0.29) is 0 Å². The van der Waals surface area contributed by atoms with E-state index in [4.69, 9.17) is 4.42 Å². The van der Waals surface area contributed by atoms with Crippen molar-refractivity contribution in [3.8, 4) is 0 Å². The van der Waals surface area contributed by atoms with Crippen LogP contribution in [-0.2, 0) is 13.1 Å². The molecule has 90 valence electrons. The molecule has 0 saturated heterocycles. The largest absolute Gasteiger partial charge is 0.465 e. The van der Waals surface area contributed by atoms with Gasteiger partial charge < -0.3 is 9.73 Å². The molecule has 0 aliphatic heterocycles. The van der Waals surface area contributed by atoms with Gasteiger partial charge in [0.2, 0.25) is 0 Å². The molecule has 1 N–H and O–H groups in total. The Hall–Kier alpha value is -1.54. The Bertz CT molecular complexity index is 479. The minimum Gasteiger partial charge on any atom is -0.465 e. The lowest BCUT2D eigenvalue weighted by Gasteiger charge is -2.10. The fraction of sp³-hybridized carbons (Fsp3) is 0.333. The lowest BCUT2D eigenvalue weighted by Crippen LogP contribution is -2.14. The maximum Gasteiger partial charge on any atom is 0.117 e. The predicted molar refractivity (Wildman–Crippen MR) is 69.9 cm³/mol. The summed E-state index contributed by atoms with van der Waals surface area (Å²) in [7, 11) is 0. The second-order valence-electron chi connectivity index (χ2n) is 4.49. The second-order valence-corrected chi connectivity index (χ2v) is 4.49. The molecule has 2 nitrogen and oxygen atoms in total. The van der Waals surface area contributed by atoms with Crippen LogP contribution in [0.5, 0.6) is 0 Å². The molecule has 0 aliphatic rings. The van der Waals surface area contributed by atoms with Crippen molar-refractivity contribution in [3.63, 3.8) is 0 Å². The number of nitrogens with one attached hydrogen (secondary N) is 1. The predicted octanol–water partition coefficient (Wildman–Crippen LogP) is 3.49. The van der Waals surface area contributed by atoms with Gasteiger partial charge in [-0.3, -0.25) is 0 Å². The summed E-state index contributed by atoms with van der Waals surface area (Å²) in [6.07, 6.45) is 0. The van der Waals surface area contributed by atoms with Gasteiger partial charge in [-0.25, -0.2) is 0 Å². The van der Waals surface area contributed by atoms with Crippen LogP contribution in [0.15, 0.2) is 34.7 Å². The van der Waals surface area contributed by atoms with Gasteiger partial charge in [-0.2, -0.15) is 0 Å². The molecule has 2 heteroatoms. The van der Waals surface area contributed by atoms with Crippen LogP contribution in [0.2, 0.25) is 0 Å². The van der Waals surface area contributed by atoms with E-state index >= 15 is 0 Å². The molecule has 2 rings (SSSR count). The van der Waals surface area contributed by atoms with Gasteiger partial charge in [-0.05, 0) is 49.6 Å². The minimum absolute atomic E-state index is 0.779. The molecule has 0 spiro atoms. The molecule has 0 amide bonds. The highest BCUT2D eigenvalue weighted by Gasteiger charge is 2.02. The first-order chi connectivity index (χ1) is 8.16. The van der Waals surface area contributed by atoms with E-state index in [2.05, 4.69) is 37.4 Å². The number of furan rings is 1. The first-order valence-electron chi connectivity index (χ1n) is 5.98. The maximum atomic E-state index is 5.52. The number of hydrogen-bond donors (Lipinski definition) is 1. The highest BCUT2D eigenvalue weighted by atomic mass is 16.3. The number of aryl methyl sites for hydroxylation is 3. The summed E-state index contributed by atoms with van der Waals surface area (Å²) in [5.74, 6) is 1.96. The smallest absolute Gasteiger partial charge is 0.117 e.